The quantitative estimate of drug-likeness (QED) is 0.0222. The van der Waals surface area contributed by atoms with Gasteiger partial charge in [-0.1, -0.05) is 234 Å². The van der Waals surface area contributed by atoms with E-state index in [0.717, 1.165) is 115 Å². The monoisotopic (exact) mass is 1140 g/mol. The van der Waals surface area contributed by atoms with Gasteiger partial charge in [-0.15, -0.1) is 0 Å². The maximum Gasteiger partial charge on any atom is 0.472 e. The zero-order valence-corrected chi connectivity index (χ0v) is 50.9. The molecule has 0 spiro atoms. The predicted molar refractivity (Wildman–Crippen MR) is 303 cm³/mol. The van der Waals surface area contributed by atoms with Crippen LogP contribution in [0.5, 0.6) is 0 Å². The zero-order valence-electron chi connectivity index (χ0n) is 49.1. The van der Waals surface area contributed by atoms with E-state index in [1.807, 2.05) is 0 Å². The summed E-state index contributed by atoms with van der Waals surface area (Å²) in [7, 11) is -9.86. The van der Waals surface area contributed by atoms with Crippen LogP contribution in [0.4, 0.5) is 0 Å². The fourth-order valence-electron chi connectivity index (χ4n) is 8.52. The van der Waals surface area contributed by atoms with Crippen LogP contribution in [-0.4, -0.2) is 96.7 Å². The summed E-state index contributed by atoms with van der Waals surface area (Å²) in [6.07, 6.45) is 33.9. The number of phosphoric ester groups is 2. The van der Waals surface area contributed by atoms with Crippen LogP contribution in [0, 0.1) is 5.92 Å². The number of aliphatic hydroxyl groups excluding tert-OH is 1. The third-order valence-corrected chi connectivity index (χ3v) is 15.2. The first-order chi connectivity index (χ1) is 37.0. The van der Waals surface area contributed by atoms with Crippen molar-refractivity contribution in [1.82, 2.24) is 0 Å². The summed E-state index contributed by atoms with van der Waals surface area (Å²) in [6.45, 7) is 7.02. The Kier molecular flexibility index (Phi) is 50.8. The Labute approximate surface area is 467 Å². The van der Waals surface area contributed by atoms with Crippen molar-refractivity contribution >= 4 is 39.5 Å². The molecule has 17 nitrogen and oxygen atoms in total. The average molecular weight is 1140 g/mol. The zero-order chi connectivity index (χ0) is 57.1. The van der Waals surface area contributed by atoms with E-state index in [9.17, 15) is 43.2 Å². The number of hydrogen-bond acceptors (Lipinski definition) is 15. The number of rotatable bonds is 58. The lowest BCUT2D eigenvalue weighted by Crippen LogP contribution is -2.30. The first kappa shape index (κ1) is 75.1. The lowest BCUT2D eigenvalue weighted by Gasteiger charge is -2.21. The minimum atomic E-state index is -4.93. The summed E-state index contributed by atoms with van der Waals surface area (Å²) in [5.74, 6) is -1.37. The standard InChI is InChI=1S/C58H112O17P2/c1-6-9-12-15-17-27-32-37-42-56(61)69-48-54(75-58(63)44-39-34-29-25-23-21-19-20-22-24-26-31-35-40-51(4)5)50-73-77(66,67)71-46-52(59)45-70-76(64,65)72-49-53(47-68-55(60)41-36-30-14-11-8-3)74-57(62)43-38-33-28-18-16-13-10-7-2/h51-54,59H,6-50H2,1-5H3,(H,64,65)(H,66,67)/t52-,53+,54+/m0/s1. The minimum Gasteiger partial charge on any atom is -0.462 e. The van der Waals surface area contributed by atoms with Crippen LogP contribution in [0.2, 0.25) is 0 Å². The lowest BCUT2D eigenvalue weighted by molar-refractivity contribution is -0.161. The summed E-state index contributed by atoms with van der Waals surface area (Å²) < 4.78 is 67.4. The Bertz CT molecular complexity index is 1520. The Morgan fingerprint density at radius 3 is 0.883 bits per heavy atom. The van der Waals surface area contributed by atoms with E-state index in [1.165, 1.54) is 89.9 Å². The predicted octanol–water partition coefficient (Wildman–Crippen LogP) is 15.5. The first-order valence-electron chi connectivity index (χ1n) is 30.6. The second-order valence-electron chi connectivity index (χ2n) is 21.5. The minimum absolute atomic E-state index is 0.104. The van der Waals surface area contributed by atoms with E-state index in [4.69, 9.17) is 37.0 Å². The number of phosphoric acid groups is 2. The van der Waals surface area contributed by atoms with Gasteiger partial charge in [0.25, 0.3) is 0 Å². The Balaban J connectivity index is 5.12. The molecule has 0 fully saturated rings. The molecule has 0 aromatic heterocycles. The fourth-order valence-corrected chi connectivity index (χ4v) is 10.1. The molecule has 456 valence electrons. The molecule has 0 aliphatic rings. The molecule has 0 saturated heterocycles. The van der Waals surface area contributed by atoms with Gasteiger partial charge in [0.1, 0.15) is 19.3 Å². The van der Waals surface area contributed by atoms with Crippen LogP contribution >= 0.6 is 15.6 Å². The second kappa shape index (κ2) is 52.2. The highest BCUT2D eigenvalue weighted by atomic mass is 31.2. The van der Waals surface area contributed by atoms with Crippen molar-refractivity contribution in [1.29, 1.82) is 0 Å². The third-order valence-electron chi connectivity index (χ3n) is 13.3. The van der Waals surface area contributed by atoms with Gasteiger partial charge in [0.05, 0.1) is 26.4 Å². The molecular weight excluding hydrogens is 1030 g/mol. The number of hydrogen-bond donors (Lipinski definition) is 3. The highest BCUT2D eigenvalue weighted by Gasteiger charge is 2.30. The topological polar surface area (TPSA) is 237 Å². The Morgan fingerprint density at radius 1 is 0.351 bits per heavy atom. The molecule has 77 heavy (non-hydrogen) atoms. The van der Waals surface area contributed by atoms with Crippen molar-refractivity contribution in [3.8, 4) is 0 Å². The Morgan fingerprint density at radius 2 is 0.597 bits per heavy atom. The number of aliphatic hydroxyl groups is 1. The van der Waals surface area contributed by atoms with Gasteiger partial charge in [0.2, 0.25) is 0 Å². The molecule has 19 heteroatoms. The van der Waals surface area contributed by atoms with Crippen molar-refractivity contribution in [2.75, 3.05) is 39.6 Å². The van der Waals surface area contributed by atoms with Gasteiger partial charge >= 0.3 is 39.5 Å². The molecular formula is C58H112O17P2. The molecule has 0 radical (unpaired) electrons. The van der Waals surface area contributed by atoms with E-state index in [2.05, 4.69) is 34.6 Å². The summed E-state index contributed by atoms with van der Waals surface area (Å²) in [6, 6.07) is 0. The van der Waals surface area contributed by atoms with Crippen molar-refractivity contribution in [2.45, 2.75) is 303 Å². The number of carbonyl (C=O) groups is 4. The summed E-state index contributed by atoms with van der Waals surface area (Å²) >= 11 is 0. The maximum absolute atomic E-state index is 12.9. The van der Waals surface area contributed by atoms with Gasteiger partial charge in [0.15, 0.2) is 12.2 Å². The van der Waals surface area contributed by atoms with Crippen LogP contribution in [0.15, 0.2) is 0 Å². The van der Waals surface area contributed by atoms with Gasteiger partial charge in [0, 0.05) is 25.7 Å². The van der Waals surface area contributed by atoms with E-state index >= 15 is 0 Å². The smallest absolute Gasteiger partial charge is 0.462 e. The fraction of sp³-hybridized carbons (Fsp3) is 0.931. The molecule has 0 aromatic rings. The van der Waals surface area contributed by atoms with Crippen LogP contribution < -0.4 is 0 Å². The normalized spacial score (nSPS) is 14.4. The highest BCUT2D eigenvalue weighted by molar-refractivity contribution is 7.47. The van der Waals surface area contributed by atoms with E-state index < -0.39 is 97.5 Å². The molecule has 0 saturated carbocycles. The molecule has 0 rings (SSSR count). The maximum atomic E-state index is 12.9. The molecule has 0 bridgehead atoms. The average Bonchev–Trinajstić information content (AvgIpc) is 3.39. The largest absolute Gasteiger partial charge is 0.472 e. The van der Waals surface area contributed by atoms with Crippen molar-refractivity contribution in [3.63, 3.8) is 0 Å². The molecule has 0 aromatic carbocycles. The summed E-state index contributed by atoms with van der Waals surface area (Å²) in [4.78, 5) is 71.5. The van der Waals surface area contributed by atoms with Gasteiger partial charge in [-0.2, -0.15) is 0 Å². The van der Waals surface area contributed by atoms with Crippen molar-refractivity contribution in [2.24, 2.45) is 5.92 Å². The molecule has 5 atom stereocenters. The van der Waals surface area contributed by atoms with Gasteiger partial charge in [-0.05, 0) is 31.6 Å². The van der Waals surface area contributed by atoms with Gasteiger partial charge in [-0.3, -0.25) is 37.3 Å². The number of esters is 4. The van der Waals surface area contributed by atoms with Crippen LogP contribution in [0.1, 0.15) is 285 Å². The third kappa shape index (κ3) is 53.2. The van der Waals surface area contributed by atoms with E-state index in [-0.39, 0.29) is 25.7 Å². The van der Waals surface area contributed by atoms with Crippen LogP contribution in [0.3, 0.4) is 0 Å². The number of unbranched alkanes of at least 4 members (excludes halogenated alkanes) is 30. The molecule has 3 N–H and O–H groups in total. The SMILES string of the molecule is CCCCCCCCCCC(=O)OC[C@H](COP(=O)(O)OC[C@@H](O)COP(=O)(O)OC[C@@H](COC(=O)CCCCCCC)OC(=O)CCCCCCCCCC)OC(=O)CCCCCCCCCCCCCCCC(C)C. The van der Waals surface area contributed by atoms with E-state index in [1.54, 1.807) is 0 Å². The molecule has 0 aliphatic carbocycles. The lowest BCUT2D eigenvalue weighted by atomic mass is 10.0. The van der Waals surface area contributed by atoms with Crippen LogP contribution in [0.25, 0.3) is 0 Å². The van der Waals surface area contributed by atoms with Crippen molar-refractivity contribution in [3.05, 3.63) is 0 Å². The molecule has 0 heterocycles. The van der Waals surface area contributed by atoms with Crippen LogP contribution in [-0.2, 0) is 65.4 Å². The van der Waals surface area contributed by atoms with Gasteiger partial charge in [-0.25, -0.2) is 9.13 Å². The number of ether oxygens (including phenoxy) is 4. The highest BCUT2D eigenvalue weighted by Crippen LogP contribution is 2.45. The van der Waals surface area contributed by atoms with E-state index in [0.29, 0.717) is 25.7 Å². The summed E-state index contributed by atoms with van der Waals surface area (Å²) in [5.41, 5.74) is 0. The van der Waals surface area contributed by atoms with Gasteiger partial charge < -0.3 is 33.8 Å². The summed E-state index contributed by atoms with van der Waals surface area (Å²) in [5, 5.41) is 10.5. The molecule has 0 amide bonds. The first-order valence-corrected chi connectivity index (χ1v) is 33.6. The molecule has 2 unspecified atom stereocenters. The number of carbonyl (C=O) groups excluding carboxylic acids is 4. The Hall–Kier alpha value is -1.94. The van der Waals surface area contributed by atoms with Crippen molar-refractivity contribution < 1.29 is 80.2 Å². The second-order valence-corrected chi connectivity index (χ2v) is 24.4. The molecule has 0 aliphatic heterocycles.